The van der Waals surface area contributed by atoms with E-state index in [1.54, 1.807) is 0 Å². The van der Waals surface area contributed by atoms with E-state index in [2.05, 4.69) is 0 Å². The first-order chi connectivity index (χ1) is 10.7. The Morgan fingerprint density at radius 3 is 2.35 bits per heavy atom. The summed E-state index contributed by atoms with van der Waals surface area (Å²) in [5.41, 5.74) is -0.161. The van der Waals surface area contributed by atoms with Crippen LogP contribution in [0.4, 0.5) is 5.69 Å². The number of nitrogens with zero attached hydrogens (tertiary/aromatic N) is 3. The van der Waals surface area contributed by atoms with E-state index < -0.39 is 21.1 Å². The zero-order valence-electron chi connectivity index (χ0n) is 13.1. The molecule has 0 radical (unpaired) electrons. The van der Waals surface area contributed by atoms with Gasteiger partial charge in [0.15, 0.2) is 0 Å². The van der Waals surface area contributed by atoms with E-state index in [-0.39, 0.29) is 29.7 Å². The first kappa shape index (κ1) is 17.8. The molecular formula is C14H21N3O5S. The highest BCUT2D eigenvalue weighted by atomic mass is 32.2. The third-order valence-corrected chi connectivity index (χ3v) is 5.79. The molecule has 1 aromatic carbocycles. The number of hydrogen-bond acceptors (Lipinski definition) is 6. The van der Waals surface area contributed by atoms with Crippen molar-refractivity contribution in [2.24, 2.45) is 0 Å². The minimum Gasteiger partial charge on any atom is -0.390 e. The molecule has 0 spiro atoms. The van der Waals surface area contributed by atoms with Gasteiger partial charge in [0, 0.05) is 44.4 Å². The lowest BCUT2D eigenvalue weighted by Crippen LogP contribution is -2.37. The first-order valence-corrected chi connectivity index (χ1v) is 8.82. The number of nitro benzene ring substituents is 1. The molecule has 1 saturated heterocycles. The summed E-state index contributed by atoms with van der Waals surface area (Å²) in [6, 6.07) is 5.01. The van der Waals surface area contributed by atoms with E-state index in [9.17, 15) is 23.6 Å². The maximum Gasteiger partial charge on any atom is 0.269 e. The molecule has 0 bridgehead atoms. The molecule has 0 amide bonds. The van der Waals surface area contributed by atoms with Gasteiger partial charge in [-0.3, -0.25) is 15.0 Å². The fourth-order valence-electron chi connectivity index (χ4n) is 2.56. The molecule has 1 N–H and O–H groups in total. The zero-order valence-corrected chi connectivity index (χ0v) is 13.9. The van der Waals surface area contributed by atoms with Crippen LogP contribution in [0.15, 0.2) is 29.2 Å². The average Bonchev–Trinajstić information content (AvgIpc) is 2.69. The largest absolute Gasteiger partial charge is 0.390 e. The van der Waals surface area contributed by atoms with Crippen LogP contribution in [0.3, 0.4) is 0 Å². The lowest BCUT2D eigenvalue weighted by molar-refractivity contribution is -0.384. The normalized spacial score (nSPS) is 21.3. The van der Waals surface area contributed by atoms with Crippen LogP contribution in [0, 0.1) is 10.1 Å². The maximum atomic E-state index is 12.7. The number of β-amino-alcohol motifs (C(OH)–C–C–N with tert-alkyl or cyclic N) is 1. The topological polar surface area (TPSA) is 104 Å². The Bertz CT molecular complexity index is 659. The quantitative estimate of drug-likeness (QED) is 0.636. The molecule has 0 aromatic heterocycles. The highest BCUT2D eigenvalue weighted by molar-refractivity contribution is 7.89. The predicted octanol–water partition coefficient (Wildman–Crippen LogP) is 0.670. The number of hydrogen-bond donors (Lipinski definition) is 1. The molecule has 0 aliphatic carbocycles. The molecule has 1 aliphatic rings. The predicted molar refractivity (Wildman–Crippen MR) is 84.6 cm³/mol. The lowest BCUT2D eigenvalue weighted by Gasteiger charge is -2.25. The van der Waals surface area contributed by atoms with Crippen LogP contribution in [0.1, 0.15) is 13.8 Å². The van der Waals surface area contributed by atoms with Crippen LogP contribution in [-0.4, -0.2) is 66.0 Å². The number of aliphatic hydroxyl groups excluding tert-OH is 1. The molecule has 0 saturated carbocycles. The van der Waals surface area contributed by atoms with Gasteiger partial charge in [0.25, 0.3) is 5.69 Å². The third kappa shape index (κ3) is 4.05. The molecule has 8 nitrogen and oxygen atoms in total. The van der Waals surface area contributed by atoms with E-state index in [0.717, 1.165) is 0 Å². The van der Waals surface area contributed by atoms with Crippen molar-refractivity contribution in [3.8, 4) is 0 Å². The molecule has 23 heavy (non-hydrogen) atoms. The first-order valence-electron chi connectivity index (χ1n) is 7.38. The minimum atomic E-state index is -3.79. The van der Waals surface area contributed by atoms with Crippen molar-refractivity contribution in [1.82, 2.24) is 9.21 Å². The molecule has 128 valence electrons. The number of sulfonamides is 1. The average molecular weight is 343 g/mol. The van der Waals surface area contributed by atoms with Crippen LogP contribution in [0.25, 0.3) is 0 Å². The van der Waals surface area contributed by atoms with Crippen LogP contribution < -0.4 is 0 Å². The highest BCUT2D eigenvalue weighted by Crippen LogP contribution is 2.21. The summed E-state index contributed by atoms with van der Waals surface area (Å²) in [6.45, 7) is 5.22. The molecule has 1 unspecified atom stereocenters. The van der Waals surface area contributed by atoms with E-state index in [1.165, 1.54) is 28.6 Å². The van der Waals surface area contributed by atoms with Gasteiger partial charge >= 0.3 is 0 Å². The summed E-state index contributed by atoms with van der Waals surface area (Å²) >= 11 is 0. The highest BCUT2D eigenvalue weighted by Gasteiger charge is 2.31. The molecule has 1 fully saturated rings. The number of nitro groups is 1. The number of rotatable bonds is 4. The van der Waals surface area contributed by atoms with Crippen molar-refractivity contribution in [3.05, 3.63) is 34.4 Å². The van der Waals surface area contributed by atoms with E-state index in [1.807, 2.05) is 18.7 Å². The van der Waals surface area contributed by atoms with Gasteiger partial charge in [-0.25, -0.2) is 8.42 Å². The second-order valence-electron chi connectivity index (χ2n) is 5.86. The Hall–Kier alpha value is -1.55. The summed E-state index contributed by atoms with van der Waals surface area (Å²) in [7, 11) is -3.79. The third-order valence-electron chi connectivity index (χ3n) is 3.91. The zero-order chi connectivity index (χ0) is 17.2. The summed E-state index contributed by atoms with van der Waals surface area (Å²) in [5, 5.41) is 20.7. The van der Waals surface area contributed by atoms with Gasteiger partial charge in [-0.15, -0.1) is 0 Å². The van der Waals surface area contributed by atoms with Crippen LogP contribution in [0.2, 0.25) is 0 Å². The minimum absolute atomic E-state index is 0.00621. The van der Waals surface area contributed by atoms with E-state index in [0.29, 0.717) is 13.1 Å². The second kappa shape index (κ2) is 6.91. The molecular weight excluding hydrogens is 322 g/mol. The Morgan fingerprint density at radius 2 is 1.83 bits per heavy atom. The van der Waals surface area contributed by atoms with E-state index >= 15 is 0 Å². The summed E-state index contributed by atoms with van der Waals surface area (Å²) < 4.78 is 26.6. The summed E-state index contributed by atoms with van der Waals surface area (Å²) in [6.07, 6.45) is -0.771. The maximum absolute atomic E-state index is 12.7. The standard InChI is InChI=1S/C14H21N3O5S/c1-11(2)15-7-8-16(10-13(18)9-15)23(21,22)14-5-3-12(4-6-14)17(19)20/h3-6,11,13,18H,7-10H2,1-2H3. The molecule has 9 heteroatoms. The van der Waals surface area contributed by atoms with Gasteiger partial charge in [-0.1, -0.05) is 0 Å². The Morgan fingerprint density at radius 1 is 1.22 bits per heavy atom. The number of non-ortho nitro benzene ring substituents is 1. The van der Waals surface area contributed by atoms with Crippen molar-refractivity contribution >= 4 is 15.7 Å². The van der Waals surface area contributed by atoms with Crippen molar-refractivity contribution in [2.75, 3.05) is 26.2 Å². The van der Waals surface area contributed by atoms with E-state index in [4.69, 9.17) is 0 Å². The van der Waals surface area contributed by atoms with Gasteiger partial charge in [0.1, 0.15) is 0 Å². The van der Waals surface area contributed by atoms with Crippen LogP contribution >= 0.6 is 0 Å². The van der Waals surface area contributed by atoms with Gasteiger partial charge in [0.2, 0.25) is 10.0 Å². The Labute approximate surface area is 135 Å². The summed E-state index contributed by atoms with van der Waals surface area (Å²) in [4.78, 5) is 12.1. The van der Waals surface area contributed by atoms with Crippen molar-refractivity contribution in [3.63, 3.8) is 0 Å². The molecule has 1 heterocycles. The monoisotopic (exact) mass is 343 g/mol. The SMILES string of the molecule is CC(C)N1CCN(S(=O)(=O)c2ccc([N+](=O)[O-])cc2)CC(O)C1. The number of aliphatic hydroxyl groups is 1. The van der Waals surface area contributed by atoms with Crippen molar-refractivity contribution < 1.29 is 18.4 Å². The molecule has 1 aromatic rings. The van der Waals surface area contributed by atoms with Gasteiger partial charge in [-0.05, 0) is 26.0 Å². The van der Waals surface area contributed by atoms with Crippen LogP contribution in [-0.2, 0) is 10.0 Å². The van der Waals surface area contributed by atoms with Gasteiger partial charge in [-0.2, -0.15) is 4.31 Å². The molecule has 2 rings (SSSR count). The molecule has 1 aliphatic heterocycles. The second-order valence-corrected chi connectivity index (χ2v) is 7.79. The van der Waals surface area contributed by atoms with Gasteiger partial charge in [0.05, 0.1) is 15.9 Å². The smallest absolute Gasteiger partial charge is 0.269 e. The lowest BCUT2D eigenvalue weighted by atomic mass is 10.3. The summed E-state index contributed by atoms with van der Waals surface area (Å²) in [5.74, 6) is 0. The van der Waals surface area contributed by atoms with Crippen molar-refractivity contribution in [2.45, 2.75) is 30.9 Å². The fourth-order valence-corrected chi connectivity index (χ4v) is 4.03. The Balaban J connectivity index is 2.23. The fraction of sp³-hybridized carbons (Fsp3) is 0.571. The Kier molecular flexibility index (Phi) is 5.35. The van der Waals surface area contributed by atoms with Gasteiger partial charge < -0.3 is 5.11 Å². The molecule has 1 atom stereocenters. The van der Waals surface area contributed by atoms with Crippen molar-refractivity contribution in [1.29, 1.82) is 0 Å². The number of benzene rings is 1. The van der Waals surface area contributed by atoms with Crippen LogP contribution in [0.5, 0.6) is 0 Å².